The van der Waals surface area contributed by atoms with E-state index in [4.69, 9.17) is 4.52 Å². The smallest absolute Gasteiger partial charge is 0.273 e. The Bertz CT molecular complexity index is 1070. The van der Waals surface area contributed by atoms with E-state index in [0.717, 1.165) is 24.2 Å². The average Bonchev–Trinajstić information content (AvgIpc) is 3.44. The summed E-state index contributed by atoms with van der Waals surface area (Å²) in [5.74, 6) is 0.890. The number of nitrogens with one attached hydrogen (secondary N) is 1. The highest BCUT2D eigenvalue weighted by Gasteiger charge is 2.35. The number of hydrogen-bond donors (Lipinski definition) is 1. The van der Waals surface area contributed by atoms with Gasteiger partial charge in [-0.3, -0.25) is 9.59 Å². The second-order valence-corrected chi connectivity index (χ2v) is 10.5. The van der Waals surface area contributed by atoms with Crippen LogP contribution in [0.15, 0.2) is 39.8 Å². The van der Waals surface area contributed by atoms with E-state index in [2.05, 4.69) is 10.5 Å². The van der Waals surface area contributed by atoms with Gasteiger partial charge in [0.15, 0.2) is 5.69 Å². The van der Waals surface area contributed by atoms with Gasteiger partial charge in [-0.1, -0.05) is 17.3 Å². The minimum Gasteiger partial charge on any atom is -0.360 e. The van der Waals surface area contributed by atoms with Crippen LogP contribution in [-0.2, 0) is 21.2 Å². The van der Waals surface area contributed by atoms with E-state index in [1.54, 1.807) is 30.3 Å². The molecule has 4 rings (SSSR count). The van der Waals surface area contributed by atoms with E-state index in [1.807, 2.05) is 6.92 Å². The van der Waals surface area contributed by atoms with Gasteiger partial charge in [0.25, 0.3) is 5.91 Å². The standard InChI is InChI=1S/C22H27N3O5S/c1-14-11-18(23-22(27)20-13-21(30-24-20)17-5-6-17)9-10-25(14)31(28,29)19-7-3-16(4-8-19)12-15(2)26/h3-4,7-8,13-14,17-18H,5-6,9-12H2,1-2H3,(H,23,27)/t14-,18-/m1/s1. The zero-order chi connectivity index (χ0) is 22.2. The zero-order valence-electron chi connectivity index (χ0n) is 17.7. The van der Waals surface area contributed by atoms with E-state index in [-0.39, 0.29) is 40.8 Å². The monoisotopic (exact) mass is 445 g/mol. The second-order valence-electron chi connectivity index (χ2n) is 8.57. The van der Waals surface area contributed by atoms with Crippen molar-refractivity contribution in [1.82, 2.24) is 14.8 Å². The molecule has 31 heavy (non-hydrogen) atoms. The van der Waals surface area contributed by atoms with Crippen LogP contribution in [-0.4, -0.2) is 48.2 Å². The van der Waals surface area contributed by atoms with Gasteiger partial charge in [-0.05, 0) is 57.2 Å². The predicted molar refractivity (Wildman–Crippen MR) is 113 cm³/mol. The largest absolute Gasteiger partial charge is 0.360 e. The molecule has 2 aliphatic rings. The summed E-state index contributed by atoms with van der Waals surface area (Å²) in [6.45, 7) is 3.67. The first-order chi connectivity index (χ1) is 14.7. The van der Waals surface area contributed by atoms with Crippen LogP contribution in [0.4, 0.5) is 0 Å². The first-order valence-corrected chi connectivity index (χ1v) is 12.1. The van der Waals surface area contributed by atoms with E-state index in [9.17, 15) is 18.0 Å². The lowest BCUT2D eigenvalue weighted by atomic mass is 10.0. The number of piperidine rings is 1. The molecular formula is C22H27N3O5S. The summed E-state index contributed by atoms with van der Waals surface area (Å²) in [6, 6.07) is 7.77. The summed E-state index contributed by atoms with van der Waals surface area (Å²) in [4.78, 5) is 24.0. The maximum Gasteiger partial charge on any atom is 0.273 e. The van der Waals surface area contributed by atoms with Gasteiger partial charge in [-0.2, -0.15) is 4.31 Å². The summed E-state index contributed by atoms with van der Waals surface area (Å²) >= 11 is 0. The molecule has 0 unspecified atom stereocenters. The molecule has 8 nitrogen and oxygen atoms in total. The predicted octanol–water partition coefficient (Wildman–Crippen LogP) is 2.66. The number of sulfonamides is 1. The van der Waals surface area contributed by atoms with Crippen molar-refractivity contribution in [3.05, 3.63) is 47.3 Å². The molecule has 2 heterocycles. The lowest BCUT2D eigenvalue weighted by Gasteiger charge is -2.36. The summed E-state index contributed by atoms with van der Waals surface area (Å²) in [5.41, 5.74) is 1.06. The molecule has 1 aromatic heterocycles. The topological polar surface area (TPSA) is 110 Å². The van der Waals surface area contributed by atoms with Crippen LogP contribution in [0.5, 0.6) is 0 Å². The highest BCUT2D eigenvalue weighted by molar-refractivity contribution is 7.89. The number of ketones is 1. The van der Waals surface area contributed by atoms with Crippen molar-refractivity contribution in [2.24, 2.45) is 0 Å². The summed E-state index contributed by atoms with van der Waals surface area (Å²) in [7, 11) is -3.65. The molecule has 1 saturated heterocycles. The third-order valence-electron chi connectivity index (χ3n) is 5.87. The molecule has 2 aromatic rings. The molecule has 1 amide bonds. The van der Waals surface area contributed by atoms with E-state index < -0.39 is 10.0 Å². The van der Waals surface area contributed by atoms with Crippen LogP contribution in [0.1, 0.15) is 67.3 Å². The van der Waals surface area contributed by atoms with Crippen LogP contribution < -0.4 is 5.32 Å². The van der Waals surface area contributed by atoms with Gasteiger partial charge in [-0.25, -0.2) is 8.42 Å². The number of carbonyl (C=O) groups excluding carboxylic acids is 2. The Morgan fingerprint density at radius 1 is 1.19 bits per heavy atom. The molecule has 0 radical (unpaired) electrons. The van der Waals surface area contributed by atoms with Gasteiger partial charge in [0, 0.05) is 37.0 Å². The minimum absolute atomic E-state index is 0.0303. The van der Waals surface area contributed by atoms with Crippen LogP contribution in [0.3, 0.4) is 0 Å². The van der Waals surface area contributed by atoms with Crippen molar-refractivity contribution in [2.75, 3.05) is 6.54 Å². The number of aromatic nitrogens is 1. The molecule has 1 saturated carbocycles. The first-order valence-electron chi connectivity index (χ1n) is 10.6. The molecule has 1 aliphatic carbocycles. The Morgan fingerprint density at radius 3 is 2.52 bits per heavy atom. The molecule has 166 valence electrons. The van der Waals surface area contributed by atoms with Gasteiger partial charge >= 0.3 is 0 Å². The molecule has 1 N–H and O–H groups in total. The quantitative estimate of drug-likeness (QED) is 0.702. The molecule has 0 bridgehead atoms. The number of carbonyl (C=O) groups is 2. The Labute approximate surface area is 182 Å². The fraction of sp³-hybridized carbons (Fsp3) is 0.500. The third-order valence-corrected chi connectivity index (χ3v) is 7.90. The Morgan fingerprint density at radius 2 is 1.90 bits per heavy atom. The number of amides is 1. The molecule has 2 atom stereocenters. The Hall–Kier alpha value is -2.52. The molecular weight excluding hydrogens is 418 g/mol. The lowest BCUT2D eigenvalue weighted by molar-refractivity contribution is -0.116. The van der Waals surface area contributed by atoms with Crippen molar-refractivity contribution in [1.29, 1.82) is 0 Å². The van der Waals surface area contributed by atoms with E-state index in [0.29, 0.717) is 25.3 Å². The van der Waals surface area contributed by atoms with Gasteiger partial charge < -0.3 is 9.84 Å². The number of rotatable bonds is 7. The van der Waals surface area contributed by atoms with Crippen LogP contribution in [0.2, 0.25) is 0 Å². The molecule has 1 aromatic carbocycles. The van der Waals surface area contributed by atoms with Crippen molar-refractivity contribution in [3.8, 4) is 0 Å². The average molecular weight is 446 g/mol. The van der Waals surface area contributed by atoms with E-state index >= 15 is 0 Å². The normalized spacial score (nSPS) is 22.3. The van der Waals surface area contributed by atoms with Gasteiger partial charge in [0.1, 0.15) is 11.5 Å². The molecule has 1 aliphatic heterocycles. The fourth-order valence-corrected chi connectivity index (χ4v) is 5.71. The summed E-state index contributed by atoms with van der Waals surface area (Å²) in [6.07, 6.45) is 3.46. The van der Waals surface area contributed by atoms with Crippen molar-refractivity contribution in [3.63, 3.8) is 0 Å². The van der Waals surface area contributed by atoms with Crippen LogP contribution in [0.25, 0.3) is 0 Å². The zero-order valence-corrected chi connectivity index (χ0v) is 18.5. The Kier molecular flexibility index (Phi) is 5.98. The minimum atomic E-state index is -3.65. The third kappa shape index (κ3) is 4.88. The van der Waals surface area contributed by atoms with Crippen molar-refractivity contribution >= 4 is 21.7 Å². The number of hydrogen-bond acceptors (Lipinski definition) is 6. The van der Waals surface area contributed by atoms with Crippen molar-refractivity contribution in [2.45, 2.75) is 68.8 Å². The summed E-state index contributed by atoms with van der Waals surface area (Å²) < 4.78 is 32.9. The van der Waals surface area contributed by atoms with Crippen molar-refractivity contribution < 1.29 is 22.5 Å². The van der Waals surface area contributed by atoms with Gasteiger partial charge in [0.05, 0.1) is 4.90 Å². The molecule has 0 spiro atoms. The number of benzene rings is 1. The highest BCUT2D eigenvalue weighted by atomic mass is 32.2. The number of nitrogens with zero attached hydrogens (tertiary/aromatic N) is 2. The SMILES string of the molecule is CC(=O)Cc1ccc(S(=O)(=O)N2CC[C@@H](NC(=O)c3cc(C4CC4)on3)C[C@H]2C)cc1. The maximum absolute atomic E-state index is 13.1. The van der Waals surface area contributed by atoms with Crippen LogP contribution in [0, 0.1) is 0 Å². The van der Waals surface area contributed by atoms with Gasteiger partial charge in [-0.15, -0.1) is 0 Å². The number of Topliss-reactive ketones (excluding diaryl/α,β-unsaturated/α-hetero) is 1. The van der Waals surface area contributed by atoms with Crippen LogP contribution >= 0.6 is 0 Å². The second kappa shape index (κ2) is 8.55. The Balaban J connectivity index is 1.37. The highest BCUT2D eigenvalue weighted by Crippen LogP contribution is 2.40. The van der Waals surface area contributed by atoms with Gasteiger partial charge in [0.2, 0.25) is 10.0 Å². The van der Waals surface area contributed by atoms with E-state index in [1.165, 1.54) is 11.2 Å². The summed E-state index contributed by atoms with van der Waals surface area (Å²) in [5, 5.41) is 6.83. The molecule has 9 heteroatoms. The maximum atomic E-state index is 13.1. The lowest BCUT2D eigenvalue weighted by Crippen LogP contribution is -2.50. The molecule has 2 fully saturated rings. The first kappa shape index (κ1) is 21.7. The fourth-order valence-electron chi connectivity index (χ4n) is 4.06.